The van der Waals surface area contributed by atoms with Gasteiger partial charge in [-0.2, -0.15) is 0 Å². The van der Waals surface area contributed by atoms with Crippen LogP contribution in [0.2, 0.25) is 5.02 Å². The molecule has 1 aliphatic rings. The van der Waals surface area contributed by atoms with Crippen LogP contribution in [0.1, 0.15) is 18.4 Å². The van der Waals surface area contributed by atoms with E-state index in [0.29, 0.717) is 17.8 Å². The standard InChI is InChI=1S/C28H34ClFN6O3/c29-27-22(7-3-9-24(27)30)16-32-18-26(37)34-23(8-4-12-36-13-10-31-11-14-36)19-39-28(38)35-25-15-20-5-1-2-6-21(20)17-33-25/h1-3,5-7,9,15,17,23,31-32H,4,8,10-14,16,18-19H2,(H,34,37)(H,33,35,38)/t23-/m0/s1. The van der Waals surface area contributed by atoms with Crippen molar-refractivity contribution in [2.45, 2.75) is 25.4 Å². The predicted octanol–water partition coefficient (Wildman–Crippen LogP) is 3.54. The lowest BCUT2D eigenvalue weighted by molar-refractivity contribution is -0.121. The van der Waals surface area contributed by atoms with Gasteiger partial charge in [0, 0.05) is 44.3 Å². The third kappa shape index (κ3) is 9.14. The van der Waals surface area contributed by atoms with Crippen LogP contribution in [0.25, 0.3) is 10.8 Å². The Balaban J connectivity index is 1.27. The monoisotopic (exact) mass is 556 g/mol. The van der Waals surface area contributed by atoms with Gasteiger partial charge in [0.15, 0.2) is 0 Å². The highest BCUT2D eigenvalue weighted by molar-refractivity contribution is 6.31. The van der Waals surface area contributed by atoms with Gasteiger partial charge in [0.05, 0.1) is 17.6 Å². The first-order chi connectivity index (χ1) is 19.0. The van der Waals surface area contributed by atoms with Crippen LogP contribution in [-0.4, -0.2) is 73.8 Å². The molecule has 0 saturated carbocycles. The summed E-state index contributed by atoms with van der Waals surface area (Å²) in [6.45, 7) is 5.08. The average Bonchev–Trinajstić information content (AvgIpc) is 2.94. The molecule has 1 saturated heterocycles. The molecule has 1 aliphatic heterocycles. The second-order valence-electron chi connectivity index (χ2n) is 9.45. The molecule has 4 rings (SSSR count). The molecule has 0 bridgehead atoms. The first kappa shape index (κ1) is 28.7. The Bertz CT molecular complexity index is 1260. The van der Waals surface area contributed by atoms with Gasteiger partial charge >= 0.3 is 6.09 Å². The van der Waals surface area contributed by atoms with Crippen molar-refractivity contribution >= 4 is 40.2 Å². The predicted molar refractivity (Wildman–Crippen MR) is 150 cm³/mol. The smallest absolute Gasteiger partial charge is 0.412 e. The molecule has 39 heavy (non-hydrogen) atoms. The van der Waals surface area contributed by atoms with Gasteiger partial charge in [-0.25, -0.2) is 14.2 Å². The summed E-state index contributed by atoms with van der Waals surface area (Å²) in [6.07, 6.45) is 2.54. The topological polar surface area (TPSA) is 108 Å². The summed E-state index contributed by atoms with van der Waals surface area (Å²) in [5.74, 6) is -0.368. The minimum Gasteiger partial charge on any atom is -0.447 e. The summed E-state index contributed by atoms with van der Waals surface area (Å²) in [4.78, 5) is 31.8. The Hall–Kier alpha value is -3.31. The normalized spacial score (nSPS) is 14.6. The zero-order valence-corrected chi connectivity index (χ0v) is 22.5. The van der Waals surface area contributed by atoms with Crippen LogP contribution in [-0.2, 0) is 16.1 Å². The van der Waals surface area contributed by atoms with E-state index >= 15 is 0 Å². The summed E-state index contributed by atoms with van der Waals surface area (Å²) in [5, 5.41) is 13.9. The molecule has 1 fully saturated rings. The van der Waals surface area contributed by atoms with Gasteiger partial charge in [-0.05, 0) is 42.5 Å². The van der Waals surface area contributed by atoms with Crippen molar-refractivity contribution in [3.05, 3.63) is 71.1 Å². The van der Waals surface area contributed by atoms with E-state index in [1.807, 2.05) is 24.3 Å². The van der Waals surface area contributed by atoms with Gasteiger partial charge in [0.1, 0.15) is 18.2 Å². The Morgan fingerprint density at radius 1 is 1.13 bits per heavy atom. The second kappa shape index (κ2) is 14.7. The highest BCUT2D eigenvalue weighted by atomic mass is 35.5. The van der Waals surface area contributed by atoms with E-state index in [2.05, 4.69) is 31.2 Å². The number of anilines is 1. The van der Waals surface area contributed by atoms with E-state index in [4.69, 9.17) is 16.3 Å². The molecule has 9 nitrogen and oxygen atoms in total. The maximum absolute atomic E-state index is 13.7. The summed E-state index contributed by atoms with van der Waals surface area (Å²) in [5.41, 5.74) is 0.569. The Kier molecular flexibility index (Phi) is 10.8. The van der Waals surface area contributed by atoms with E-state index in [-0.39, 0.29) is 36.7 Å². The minimum atomic E-state index is -0.641. The number of fused-ring (bicyclic) bond motifs is 1. The number of hydrogen-bond donors (Lipinski definition) is 4. The fraction of sp³-hybridized carbons (Fsp3) is 0.393. The number of amides is 2. The number of piperazine rings is 1. The number of carbonyl (C=O) groups is 2. The van der Waals surface area contributed by atoms with Crippen LogP contribution in [0.5, 0.6) is 0 Å². The quantitative estimate of drug-likeness (QED) is 0.270. The lowest BCUT2D eigenvalue weighted by atomic mass is 10.1. The van der Waals surface area contributed by atoms with Gasteiger partial charge < -0.3 is 25.6 Å². The van der Waals surface area contributed by atoms with Gasteiger partial charge in [0.2, 0.25) is 5.91 Å². The van der Waals surface area contributed by atoms with Crippen molar-refractivity contribution < 1.29 is 18.7 Å². The molecule has 2 amide bonds. The van der Waals surface area contributed by atoms with Crippen LogP contribution in [0.15, 0.2) is 54.7 Å². The SMILES string of the molecule is O=C(CNCc1cccc(F)c1Cl)N[C@@H](CCCN1CCNCC1)COC(=O)Nc1cc2ccccc2cn1. The van der Waals surface area contributed by atoms with Gasteiger partial charge in [0.25, 0.3) is 0 Å². The molecule has 2 aromatic carbocycles. The molecule has 4 N–H and O–H groups in total. The number of nitrogens with one attached hydrogen (secondary N) is 4. The largest absolute Gasteiger partial charge is 0.447 e. The second-order valence-corrected chi connectivity index (χ2v) is 9.83. The molecular weight excluding hydrogens is 523 g/mol. The van der Waals surface area contributed by atoms with Crippen molar-refractivity contribution in [3.8, 4) is 0 Å². The molecule has 11 heteroatoms. The number of halogens is 2. The summed E-state index contributed by atoms with van der Waals surface area (Å²) in [6, 6.07) is 13.7. The van der Waals surface area contributed by atoms with Crippen molar-refractivity contribution in [1.29, 1.82) is 0 Å². The summed E-state index contributed by atoms with van der Waals surface area (Å²) in [7, 11) is 0. The fourth-order valence-corrected chi connectivity index (χ4v) is 4.63. The van der Waals surface area contributed by atoms with Crippen molar-refractivity contribution in [3.63, 3.8) is 0 Å². The highest BCUT2D eigenvalue weighted by Gasteiger charge is 2.17. The molecule has 208 valence electrons. The third-order valence-electron chi connectivity index (χ3n) is 6.51. The number of hydrogen-bond acceptors (Lipinski definition) is 7. The molecule has 0 spiro atoms. The number of pyridine rings is 1. The van der Waals surface area contributed by atoms with E-state index in [0.717, 1.165) is 49.9 Å². The Morgan fingerprint density at radius 3 is 2.74 bits per heavy atom. The number of aromatic nitrogens is 1. The number of carbonyl (C=O) groups excluding carboxylic acids is 2. The first-order valence-corrected chi connectivity index (χ1v) is 13.5. The molecule has 1 atom stereocenters. The van der Waals surface area contributed by atoms with E-state index in [9.17, 15) is 14.0 Å². The van der Waals surface area contributed by atoms with Crippen molar-refractivity contribution in [1.82, 2.24) is 25.8 Å². The van der Waals surface area contributed by atoms with Crippen LogP contribution >= 0.6 is 11.6 Å². The van der Waals surface area contributed by atoms with Crippen LogP contribution in [0, 0.1) is 5.82 Å². The number of nitrogens with zero attached hydrogens (tertiary/aromatic N) is 2. The third-order valence-corrected chi connectivity index (χ3v) is 6.93. The van der Waals surface area contributed by atoms with E-state index in [1.165, 1.54) is 6.07 Å². The van der Waals surface area contributed by atoms with Gasteiger partial charge in [-0.3, -0.25) is 10.1 Å². The number of ether oxygens (including phenoxy) is 1. The highest BCUT2D eigenvalue weighted by Crippen LogP contribution is 2.19. The maximum Gasteiger partial charge on any atom is 0.412 e. The summed E-state index contributed by atoms with van der Waals surface area (Å²) >= 11 is 5.99. The number of rotatable bonds is 12. The minimum absolute atomic E-state index is 0.00828. The lowest BCUT2D eigenvalue weighted by Gasteiger charge is -2.28. The average molecular weight is 557 g/mol. The molecule has 0 aliphatic carbocycles. The molecule has 0 unspecified atom stereocenters. The van der Waals surface area contributed by atoms with Crippen LogP contribution in [0.3, 0.4) is 0 Å². The number of benzene rings is 2. The maximum atomic E-state index is 13.7. The lowest BCUT2D eigenvalue weighted by Crippen LogP contribution is -2.45. The fourth-order valence-electron chi connectivity index (χ4n) is 4.44. The van der Waals surface area contributed by atoms with E-state index < -0.39 is 11.9 Å². The Morgan fingerprint density at radius 2 is 1.92 bits per heavy atom. The zero-order valence-electron chi connectivity index (χ0n) is 21.7. The molecule has 0 radical (unpaired) electrons. The van der Waals surface area contributed by atoms with Crippen LogP contribution < -0.4 is 21.3 Å². The Labute approximate surface area is 232 Å². The zero-order chi connectivity index (χ0) is 27.5. The van der Waals surface area contributed by atoms with E-state index in [1.54, 1.807) is 24.4 Å². The first-order valence-electron chi connectivity index (χ1n) is 13.1. The van der Waals surface area contributed by atoms with Crippen molar-refractivity contribution in [2.24, 2.45) is 0 Å². The molecular formula is C28H34ClFN6O3. The van der Waals surface area contributed by atoms with Crippen LogP contribution in [0.4, 0.5) is 15.0 Å². The van der Waals surface area contributed by atoms with Gasteiger partial charge in [-0.1, -0.05) is 48.0 Å². The molecule has 2 heterocycles. The van der Waals surface area contributed by atoms with Gasteiger partial charge in [-0.15, -0.1) is 0 Å². The molecule has 1 aromatic heterocycles. The molecule has 3 aromatic rings. The summed E-state index contributed by atoms with van der Waals surface area (Å²) < 4.78 is 19.1. The van der Waals surface area contributed by atoms with Crippen molar-refractivity contribution in [2.75, 3.05) is 51.2 Å².